The molecule has 0 fully saturated rings. The number of hydrogen-bond donors (Lipinski definition) is 2. The third kappa shape index (κ3) is 2.17. The predicted molar refractivity (Wildman–Crippen MR) is 54.6 cm³/mol. The number of aromatic nitrogens is 3. The molecule has 16 heavy (non-hydrogen) atoms. The Morgan fingerprint density at radius 1 is 1.50 bits per heavy atom. The Morgan fingerprint density at radius 2 is 2.31 bits per heavy atom. The van der Waals surface area contributed by atoms with E-state index in [-0.39, 0.29) is 5.69 Å². The van der Waals surface area contributed by atoms with E-state index < -0.39 is 5.97 Å². The topological polar surface area (TPSA) is 88.1 Å². The summed E-state index contributed by atoms with van der Waals surface area (Å²) in [5, 5.41) is 15.3. The fourth-order valence-electron chi connectivity index (χ4n) is 1.16. The van der Waals surface area contributed by atoms with Crippen molar-refractivity contribution in [3.05, 3.63) is 35.8 Å². The molecule has 2 N–H and O–H groups in total. The van der Waals surface area contributed by atoms with Crippen LogP contribution in [-0.2, 0) is 0 Å². The lowest BCUT2D eigenvalue weighted by Gasteiger charge is -2.01. The molecule has 0 aliphatic carbocycles. The van der Waals surface area contributed by atoms with Crippen LogP contribution in [0.5, 0.6) is 11.6 Å². The maximum absolute atomic E-state index is 10.7. The molecule has 0 unspecified atom stereocenters. The van der Waals surface area contributed by atoms with E-state index in [1.165, 1.54) is 12.3 Å². The second-order valence-corrected chi connectivity index (χ2v) is 3.17. The normalized spacial score (nSPS) is 10.1. The van der Waals surface area contributed by atoms with Gasteiger partial charge in [0.15, 0.2) is 5.69 Å². The average molecular weight is 219 g/mol. The second kappa shape index (κ2) is 4.01. The number of pyridine rings is 1. The summed E-state index contributed by atoms with van der Waals surface area (Å²) in [6.45, 7) is 1.84. The van der Waals surface area contributed by atoms with Crippen molar-refractivity contribution in [2.45, 2.75) is 6.92 Å². The summed E-state index contributed by atoms with van der Waals surface area (Å²) in [4.78, 5) is 14.3. The minimum atomic E-state index is -1.09. The van der Waals surface area contributed by atoms with E-state index >= 15 is 0 Å². The van der Waals surface area contributed by atoms with Gasteiger partial charge in [-0.1, -0.05) is 0 Å². The molecular formula is C10H9N3O3. The van der Waals surface area contributed by atoms with Gasteiger partial charge in [-0.15, -0.1) is 5.10 Å². The highest BCUT2D eigenvalue weighted by atomic mass is 16.5. The van der Waals surface area contributed by atoms with E-state index in [1.54, 1.807) is 12.1 Å². The zero-order chi connectivity index (χ0) is 11.5. The Bertz CT molecular complexity index is 522. The maximum Gasteiger partial charge on any atom is 0.354 e. The summed E-state index contributed by atoms with van der Waals surface area (Å²) in [5.41, 5.74) is 0.798. The molecule has 2 heterocycles. The summed E-state index contributed by atoms with van der Waals surface area (Å²) >= 11 is 0. The van der Waals surface area contributed by atoms with Gasteiger partial charge in [0.1, 0.15) is 5.75 Å². The van der Waals surface area contributed by atoms with E-state index in [0.717, 1.165) is 5.69 Å². The Hall–Kier alpha value is -2.37. The number of aromatic carboxylic acids is 1. The molecule has 6 nitrogen and oxygen atoms in total. The number of hydrogen-bond acceptors (Lipinski definition) is 4. The highest BCUT2D eigenvalue weighted by Gasteiger charge is 2.07. The van der Waals surface area contributed by atoms with Crippen molar-refractivity contribution in [3.8, 4) is 11.6 Å². The first-order chi connectivity index (χ1) is 7.65. The van der Waals surface area contributed by atoms with Gasteiger partial charge < -0.3 is 9.84 Å². The third-order valence-electron chi connectivity index (χ3n) is 1.86. The van der Waals surface area contributed by atoms with Crippen molar-refractivity contribution in [1.82, 2.24) is 15.2 Å². The molecule has 0 aliphatic rings. The number of aryl methyl sites for hydroxylation is 1. The first-order valence-electron chi connectivity index (χ1n) is 4.54. The Labute approximate surface area is 90.9 Å². The number of rotatable bonds is 3. The smallest absolute Gasteiger partial charge is 0.354 e. The second-order valence-electron chi connectivity index (χ2n) is 3.17. The zero-order valence-electron chi connectivity index (χ0n) is 8.47. The number of carbonyl (C=O) groups is 1. The fraction of sp³-hybridized carbons (Fsp3) is 0.100. The van der Waals surface area contributed by atoms with Gasteiger partial charge in [0, 0.05) is 24.0 Å². The van der Waals surface area contributed by atoms with Crippen LogP contribution in [0.25, 0.3) is 0 Å². The van der Waals surface area contributed by atoms with Crippen LogP contribution in [0.3, 0.4) is 0 Å². The molecule has 0 bridgehead atoms. The highest BCUT2D eigenvalue weighted by molar-refractivity contribution is 5.85. The van der Waals surface area contributed by atoms with Crippen LogP contribution in [0, 0.1) is 6.92 Å². The number of ether oxygens (including phenoxy) is 1. The van der Waals surface area contributed by atoms with E-state index in [4.69, 9.17) is 9.84 Å². The fourth-order valence-corrected chi connectivity index (χ4v) is 1.16. The summed E-state index contributed by atoms with van der Waals surface area (Å²) in [6, 6.07) is 4.61. The summed E-state index contributed by atoms with van der Waals surface area (Å²) in [6.07, 6.45) is 1.37. The number of nitrogens with one attached hydrogen (secondary N) is 1. The van der Waals surface area contributed by atoms with Gasteiger partial charge in [0.25, 0.3) is 0 Å². The van der Waals surface area contributed by atoms with Gasteiger partial charge in [-0.3, -0.25) is 5.10 Å². The quantitative estimate of drug-likeness (QED) is 0.818. The number of carboxylic acids is 1. The van der Waals surface area contributed by atoms with Crippen molar-refractivity contribution in [1.29, 1.82) is 0 Å². The Morgan fingerprint density at radius 3 is 2.94 bits per heavy atom. The van der Waals surface area contributed by atoms with Gasteiger partial charge in [0.2, 0.25) is 5.88 Å². The van der Waals surface area contributed by atoms with Crippen molar-refractivity contribution in [2.75, 3.05) is 0 Å². The molecular weight excluding hydrogens is 210 g/mol. The summed E-state index contributed by atoms with van der Waals surface area (Å²) in [5.74, 6) is -0.317. The number of carboxylic acid groups (broad SMARTS) is 1. The number of nitrogens with zero attached hydrogens (tertiary/aromatic N) is 2. The van der Waals surface area contributed by atoms with Crippen molar-refractivity contribution >= 4 is 5.97 Å². The molecule has 0 saturated heterocycles. The largest absolute Gasteiger partial charge is 0.477 e. The molecule has 0 saturated carbocycles. The van der Waals surface area contributed by atoms with Gasteiger partial charge in [-0.25, -0.2) is 9.78 Å². The molecule has 82 valence electrons. The average Bonchev–Trinajstić information content (AvgIpc) is 2.64. The van der Waals surface area contributed by atoms with Crippen LogP contribution in [0.2, 0.25) is 0 Å². The van der Waals surface area contributed by atoms with Crippen LogP contribution in [-0.4, -0.2) is 26.3 Å². The van der Waals surface area contributed by atoms with Crippen molar-refractivity contribution < 1.29 is 14.6 Å². The first-order valence-corrected chi connectivity index (χ1v) is 4.54. The van der Waals surface area contributed by atoms with Crippen LogP contribution in [0.1, 0.15) is 16.2 Å². The lowest BCUT2D eigenvalue weighted by molar-refractivity contribution is 0.0690. The number of H-pyrrole nitrogens is 1. The molecule has 0 aliphatic heterocycles. The van der Waals surface area contributed by atoms with Crippen molar-refractivity contribution in [2.24, 2.45) is 0 Å². The molecule has 0 aromatic carbocycles. The lowest BCUT2D eigenvalue weighted by Crippen LogP contribution is -1.99. The number of aromatic amines is 1. The SMILES string of the molecule is Cc1cc(Oc2ccnc(C(=O)O)c2)n[nH]1. The molecule has 0 atom stereocenters. The van der Waals surface area contributed by atoms with E-state index in [0.29, 0.717) is 11.6 Å². The molecule has 2 rings (SSSR count). The van der Waals surface area contributed by atoms with Gasteiger partial charge >= 0.3 is 5.97 Å². The monoisotopic (exact) mass is 219 g/mol. The van der Waals surface area contributed by atoms with Gasteiger partial charge in [0.05, 0.1) is 0 Å². The summed E-state index contributed by atoms with van der Waals surface area (Å²) in [7, 11) is 0. The predicted octanol–water partition coefficient (Wildman–Crippen LogP) is 1.60. The van der Waals surface area contributed by atoms with E-state index in [2.05, 4.69) is 15.2 Å². The first kappa shape index (κ1) is 10.2. The molecule has 0 amide bonds. The van der Waals surface area contributed by atoms with Crippen molar-refractivity contribution in [3.63, 3.8) is 0 Å². The molecule has 0 spiro atoms. The van der Waals surface area contributed by atoms with Crippen LogP contribution in [0.15, 0.2) is 24.4 Å². The molecule has 2 aromatic rings. The standard InChI is InChI=1S/C10H9N3O3/c1-6-4-9(13-12-6)16-7-2-3-11-8(5-7)10(14)15/h2-5H,1H3,(H,12,13)(H,14,15). The maximum atomic E-state index is 10.7. The highest BCUT2D eigenvalue weighted by Crippen LogP contribution is 2.19. The zero-order valence-corrected chi connectivity index (χ0v) is 8.47. The van der Waals surface area contributed by atoms with E-state index in [1.807, 2.05) is 6.92 Å². The lowest BCUT2D eigenvalue weighted by atomic mass is 10.3. The molecule has 2 aromatic heterocycles. The summed E-state index contributed by atoms with van der Waals surface area (Å²) < 4.78 is 5.34. The minimum absolute atomic E-state index is 0.0650. The van der Waals surface area contributed by atoms with Gasteiger partial charge in [-0.2, -0.15) is 0 Å². The van der Waals surface area contributed by atoms with Crippen LogP contribution >= 0.6 is 0 Å². The minimum Gasteiger partial charge on any atom is -0.477 e. The van der Waals surface area contributed by atoms with E-state index in [9.17, 15) is 4.79 Å². The Balaban J connectivity index is 2.21. The van der Waals surface area contributed by atoms with Crippen LogP contribution < -0.4 is 4.74 Å². The van der Waals surface area contributed by atoms with Gasteiger partial charge in [-0.05, 0) is 13.0 Å². The molecule has 0 radical (unpaired) electrons. The van der Waals surface area contributed by atoms with Crippen LogP contribution in [0.4, 0.5) is 0 Å². The Kier molecular flexibility index (Phi) is 2.55. The third-order valence-corrected chi connectivity index (χ3v) is 1.86. The molecule has 6 heteroatoms.